The Balaban J connectivity index is 2.74. The Hall–Kier alpha value is -1.37. The van der Waals surface area contributed by atoms with Crippen molar-refractivity contribution in [1.82, 2.24) is 4.98 Å². The highest BCUT2D eigenvalue weighted by Crippen LogP contribution is 2.32. The lowest BCUT2D eigenvalue weighted by molar-refractivity contribution is 0.587. The molecule has 0 atom stereocenters. The molecule has 2 rings (SSSR count). The molecule has 0 N–H and O–H groups in total. The van der Waals surface area contributed by atoms with Crippen molar-refractivity contribution < 1.29 is 0 Å². The van der Waals surface area contributed by atoms with Gasteiger partial charge in [0.2, 0.25) is 0 Å². The lowest BCUT2D eigenvalue weighted by atomic mass is 9.82. The summed E-state index contributed by atoms with van der Waals surface area (Å²) in [6.07, 6.45) is 1.92. The average Bonchev–Trinajstić information content (AvgIpc) is 2.25. The van der Waals surface area contributed by atoms with Crippen LogP contribution in [0.25, 0.3) is 10.9 Å². The van der Waals surface area contributed by atoms with Gasteiger partial charge in [0.25, 0.3) is 0 Å². The monoisotopic (exact) mass is 241 g/mol. The van der Waals surface area contributed by atoms with Gasteiger partial charge in [-0.15, -0.1) is 0 Å². The lowest BCUT2D eigenvalue weighted by Crippen LogP contribution is -2.14. The fraction of sp³-hybridized carbons (Fsp3) is 0.471. The quantitative estimate of drug-likeness (QED) is 0.643. The number of nitrogens with zero attached hydrogens (tertiary/aromatic N) is 1. The predicted molar refractivity (Wildman–Crippen MR) is 79.1 cm³/mol. The molecule has 0 saturated heterocycles. The largest absolute Gasteiger partial charge is 0.256 e. The van der Waals surface area contributed by atoms with Gasteiger partial charge in [-0.25, -0.2) is 0 Å². The maximum absolute atomic E-state index is 4.48. The Morgan fingerprint density at radius 2 is 1.50 bits per heavy atom. The van der Waals surface area contributed by atoms with Crippen molar-refractivity contribution in [2.45, 2.75) is 52.4 Å². The molecule has 0 saturated carbocycles. The van der Waals surface area contributed by atoms with Crippen molar-refractivity contribution in [3.8, 4) is 0 Å². The van der Waals surface area contributed by atoms with Gasteiger partial charge >= 0.3 is 0 Å². The summed E-state index contributed by atoms with van der Waals surface area (Å²) in [5.74, 6) is 0. The van der Waals surface area contributed by atoms with Crippen molar-refractivity contribution in [3.05, 3.63) is 41.6 Å². The fourth-order valence-electron chi connectivity index (χ4n) is 2.27. The third-order valence-corrected chi connectivity index (χ3v) is 3.42. The molecule has 0 fully saturated rings. The average molecular weight is 241 g/mol. The summed E-state index contributed by atoms with van der Waals surface area (Å²) in [4.78, 5) is 4.48. The number of benzene rings is 1. The van der Waals surface area contributed by atoms with Gasteiger partial charge in [-0.1, -0.05) is 47.6 Å². The molecule has 1 heterocycles. The summed E-state index contributed by atoms with van der Waals surface area (Å²) in [5, 5.41) is 1.29. The summed E-state index contributed by atoms with van der Waals surface area (Å²) >= 11 is 0. The molecular weight excluding hydrogens is 218 g/mol. The van der Waals surface area contributed by atoms with Crippen LogP contribution in [-0.2, 0) is 10.8 Å². The first-order valence-electron chi connectivity index (χ1n) is 6.59. The molecule has 2 aromatic rings. The van der Waals surface area contributed by atoms with Crippen LogP contribution in [0.15, 0.2) is 30.5 Å². The fourth-order valence-corrected chi connectivity index (χ4v) is 2.27. The summed E-state index contributed by atoms with van der Waals surface area (Å²) in [6, 6.07) is 8.80. The Labute approximate surface area is 110 Å². The number of hydrogen-bond acceptors (Lipinski definition) is 1. The van der Waals surface area contributed by atoms with E-state index in [0.29, 0.717) is 0 Å². The molecule has 1 nitrogen and oxygen atoms in total. The molecule has 0 bridgehead atoms. The molecular formula is C17H23N. The van der Waals surface area contributed by atoms with Gasteiger partial charge in [-0.05, 0) is 40.2 Å². The van der Waals surface area contributed by atoms with Crippen molar-refractivity contribution >= 4 is 10.9 Å². The van der Waals surface area contributed by atoms with Crippen LogP contribution in [0.5, 0.6) is 0 Å². The highest BCUT2D eigenvalue weighted by molar-refractivity contribution is 5.84. The van der Waals surface area contributed by atoms with Crippen LogP contribution in [0.2, 0.25) is 0 Å². The van der Waals surface area contributed by atoms with Crippen LogP contribution in [0.3, 0.4) is 0 Å². The molecule has 0 spiro atoms. The van der Waals surface area contributed by atoms with E-state index in [1.807, 2.05) is 6.20 Å². The zero-order valence-electron chi connectivity index (χ0n) is 12.3. The summed E-state index contributed by atoms with van der Waals surface area (Å²) < 4.78 is 0. The van der Waals surface area contributed by atoms with Crippen molar-refractivity contribution in [3.63, 3.8) is 0 Å². The highest BCUT2D eigenvalue weighted by atomic mass is 14.6. The topological polar surface area (TPSA) is 12.9 Å². The summed E-state index contributed by atoms with van der Waals surface area (Å²) in [6.45, 7) is 13.5. The zero-order chi connectivity index (χ0) is 13.6. The standard InChI is InChI=1S/C17H23N/c1-16(2,3)12-7-8-15-13(11-12)14(9-10-18-15)17(4,5)6/h7-11H,1-6H3. The van der Waals surface area contributed by atoms with Gasteiger partial charge in [0.15, 0.2) is 0 Å². The van der Waals surface area contributed by atoms with Crippen LogP contribution >= 0.6 is 0 Å². The van der Waals surface area contributed by atoms with Gasteiger partial charge in [0.05, 0.1) is 5.52 Å². The van der Waals surface area contributed by atoms with Crippen LogP contribution in [0.4, 0.5) is 0 Å². The minimum absolute atomic E-state index is 0.150. The maximum atomic E-state index is 4.48. The molecule has 1 aromatic carbocycles. The molecule has 1 heteroatoms. The molecule has 0 radical (unpaired) electrons. The Bertz CT molecular complexity index is 568. The molecule has 0 aliphatic rings. The minimum Gasteiger partial charge on any atom is -0.256 e. The first-order valence-corrected chi connectivity index (χ1v) is 6.59. The van der Waals surface area contributed by atoms with Crippen molar-refractivity contribution in [1.29, 1.82) is 0 Å². The Morgan fingerprint density at radius 1 is 0.833 bits per heavy atom. The number of rotatable bonds is 0. The van der Waals surface area contributed by atoms with Crippen LogP contribution < -0.4 is 0 Å². The summed E-state index contributed by atoms with van der Waals surface area (Å²) in [7, 11) is 0. The van der Waals surface area contributed by atoms with E-state index in [9.17, 15) is 0 Å². The minimum atomic E-state index is 0.150. The number of fused-ring (bicyclic) bond motifs is 1. The first-order chi connectivity index (χ1) is 8.19. The van der Waals surface area contributed by atoms with E-state index >= 15 is 0 Å². The van der Waals surface area contributed by atoms with E-state index in [1.165, 1.54) is 16.5 Å². The molecule has 96 valence electrons. The second-order valence-electron chi connectivity index (χ2n) is 7.09. The van der Waals surface area contributed by atoms with Crippen LogP contribution in [-0.4, -0.2) is 4.98 Å². The number of hydrogen-bond donors (Lipinski definition) is 0. The van der Waals surface area contributed by atoms with Gasteiger partial charge in [0.1, 0.15) is 0 Å². The number of aromatic nitrogens is 1. The highest BCUT2D eigenvalue weighted by Gasteiger charge is 2.19. The molecule has 0 aliphatic carbocycles. The van der Waals surface area contributed by atoms with Crippen molar-refractivity contribution in [2.24, 2.45) is 0 Å². The van der Waals surface area contributed by atoms with Gasteiger partial charge in [0, 0.05) is 11.6 Å². The zero-order valence-corrected chi connectivity index (χ0v) is 12.3. The second-order valence-corrected chi connectivity index (χ2v) is 7.09. The SMILES string of the molecule is CC(C)(C)c1ccc2nccc(C(C)(C)C)c2c1. The molecule has 0 aliphatic heterocycles. The third kappa shape index (κ3) is 2.40. The molecule has 18 heavy (non-hydrogen) atoms. The Kier molecular flexibility index (Phi) is 2.96. The normalized spacial score (nSPS) is 13.0. The number of pyridine rings is 1. The maximum Gasteiger partial charge on any atom is 0.0705 e. The van der Waals surface area contributed by atoms with E-state index in [4.69, 9.17) is 0 Å². The van der Waals surface area contributed by atoms with Gasteiger partial charge in [-0.2, -0.15) is 0 Å². The van der Waals surface area contributed by atoms with Crippen LogP contribution in [0, 0.1) is 0 Å². The van der Waals surface area contributed by atoms with Crippen LogP contribution in [0.1, 0.15) is 52.7 Å². The Morgan fingerprint density at radius 3 is 2.06 bits per heavy atom. The summed E-state index contributed by atoms with van der Waals surface area (Å²) in [5.41, 5.74) is 4.17. The van der Waals surface area contributed by atoms with E-state index in [1.54, 1.807) is 0 Å². The molecule has 0 unspecified atom stereocenters. The molecule has 0 amide bonds. The van der Waals surface area contributed by atoms with E-state index < -0.39 is 0 Å². The predicted octanol–water partition coefficient (Wildman–Crippen LogP) is 4.83. The molecule has 1 aromatic heterocycles. The lowest BCUT2D eigenvalue weighted by Gasteiger charge is -2.24. The first kappa shape index (κ1) is 13.1. The van der Waals surface area contributed by atoms with E-state index in [2.05, 4.69) is 70.8 Å². The van der Waals surface area contributed by atoms with E-state index in [-0.39, 0.29) is 10.8 Å². The van der Waals surface area contributed by atoms with E-state index in [0.717, 1.165) is 5.52 Å². The second kappa shape index (κ2) is 4.08. The van der Waals surface area contributed by atoms with Gasteiger partial charge in [-0.3, -0.25) is 4.98 Å². The third-order valence-electron chi connectivity index (χ3n) is 3.42. The van der Waals surface area contributed by atoms with Gasteiger partial charge < -0.3 is 0 Å². The van der Waals surface area contributed by atoms with Crippen molar-refractivity contribution in [2.75, 3.05) is 0 Å². The smallest absolute Gasteiger partial charge is 0.0705 e.